The Morgan fingerprint density at radius 3 is 2.76 bits per heavy atom. The van der Waals surface area contributed by atoms with Crippen LogP contribution in [0, 0.1) is 18.8 Å². The van der Waals surface area contributed by atoms with Crippen molar-refractivity contribution in [2.75, 3.05) is 13.6 Å². The van der Waals surface area contributed by atoms with E-state index in [1.807, 2.05) is 14.0 Å². The van der Waals surface area contributed by atoms with E-state index < -0.39 is 0 Å². The molecule has 1 saturated carbocycles. The molecule has 1 aliphatic rings. The molecule has 1 amide bonds. The fraction of sp³-hybridized carbons (Fsp3) is 0.538. The van der Waals surface area contributed by atoms with Crippen LogP contribution in [-0.2, 0) is 0 Å². The average molecular weight is 253 g/mol. The van der Waals surface area contributed by atoms with Gasteiger partial charge in [-0.2, -0.15) is 0 Å². The molecule has 1 aliphatic carbocycles. The molecule has 2 rings (SSSR count). The minimum Gasteiger partial charge on any atom is -0.341 e. The van der Waals surface area contributed by atoms with Gasteiger partial charge < -0.3 is 4.90 Å². The summed E-state index contributed by atoms with van der Waals surface area (Å²) < 4.78 is 0. The number of rotatable bonds is 3. The van der Waals surface area contributed by atoms with E-state index >= 15 is 0 Å². The van der Waals surface area contributed by atoms with Crippen LogP contribution >= 0.6 is 11.6 Å². The van der Waals surface area contributed by atoms with E-state index in [9.17, 15) is 4.79 Å². The van der Waals surface area contributed by atoms with E-state index in [1.165, 1.54) is 6.42 Å². The first-order valence-corrected chi connectivity index (χ1v) is 6.25. The maximum Gasteiger partial charge on any atom is 0.253 e. The lowest BCUT2D eigenvalue weighted by Gasteiger charge is -2.17. The Kier molecular flexibility index (Phi) is 3.38. The van der Waals surface area contributed by atoms with Crippen molar-refractivity contribution in [1.29, 1.82) is 0 Å². The second-order valence-corrected chi connectivity index (χ2v) is 5.37. The quantitative estimate of drug-likeness (QED) is 0.775. The van der Waals surface area contributed by atoms with Crippen molar-refractivity contribution in [1.82, 2.24) is 9.88 Å². The summed E-state index contributed by atoms with van der Waals surface area (Å²) in [5, 5.41) is 0.376. The van der Waals surface area contributed by atoms with Gasteiger partial charge in [0.1, 0.15) is 5.15 Å². The van der Waals surface area contributed by atoms with Gasteiger partial charge in [-0.05, 0) is 37.3 Å². The molecule has 0 spiro atoms. The van der Waals surface area contributed by atoms with Crippen LogP contribution in [0.3, 0.4) is 0 Å². The van der Waals surface area contributed by atoms with E-state index in [0.29, 0.717) is 16.6 Å². The minimum atomic E-state index is 0.0245. The zero-order valence-corrected chi connectivity index (χ0v) is 11.2. The summed E-state index contributed by atoms with van der Waals surface area (Å²) in [5.41, 5.74) is 1.40. The molecule has 1 fully saturated rings. The minimum absolute atomic E-state index is 0.0245. The van der Waals surface area contributed by atoms with Crippen LogP contribution in [0.15, 0.2) is 12.1 Å². The van der Waals surface area contributed by atoms with Crippen molar-refractivity contribution in [3.05, 3.63) is 28.5 Å². The second-order valence-electron chi connectivity index (χ2n) is 4.98. The molecule has 1 aromatic heterocycles. The van der Waals surface area contributed by atoms with Crippen molar-refractivity contribution in [2.24, 2.45) is 11.8 Å². The molecule has 2 atom stereocenters. The maximum absolute atomic E-state index is 12.2. The SMILES string of the molecule is Cc1cc(C(=O)N(C)CC2CC2C)cc(Cl)n1. The normalized spacial score (nSPS) is 22.4. The Bertz CT molecular complexity index is 427. The largest absolute Gasteiger partial charge is 0.341 e. The number of aromatic nitrogens is 1. The third-order valence-corrected chi connectivity index (χ3v) is 3.49. The summed E-state index contributed by atoms with van der Waals surface area (Å²) >= 11 is 5.86. The molecule has 1 heterocycles. The van der Waals surface area contributed by atoms with Gasteiger partial charge in [-0.1, -0.05) is 18.5 Å². The summed E-state index contributed by atoms with van der Waals surface area (Å²) in [4.78, 5) is 18.0. The lowest BCUT2D eigenvalue weighted by molar-refractivity contribution is 0.0787. The van der Waals surface area contributed by atoms with E-state index in [4.69, 9.17) is 11.6 Å². The Morgan fingerprint density at radius 2 is 2.24 bits per heavy atom. The van der Waals surface area contributed by atoms with Gasteiger partial charge in [0.05, 0.1) is 0 Å². The molecule has 0 N–H and O–H groups in total. The number of hydrogen-bond acceptors (Lipinski definition) is 2. The van der Waals surface area contributed by atoms with Crippen molar-refractivity contribution in [3.63, 3.8) is 0 Å². The van der Waals surface area contributed by atoms with Gasteiger partial charge in [-0.15, -0.1) is 0 Å². The molecule has 2 unspecified atom stereocenters. The molecular formula is C13H17ClN2O. The third-order valence-electron chi connectivity index (χ3n) is 3.30. The number of carbonyl (C=O) groups is 1. The number of pyridine rings is 1. The molecule has 1 aromatic rings. The summed E-state index contributed by atoms with van der Waals surface area (Å²) in [7, 11) is 1.84. The Balaban J connectivity index is 2.07. The fourth-order valence-electron chi connectivity index (χ4n) is 2.06. The number of hydrogen-bond donors (Lipinski definition) is 0. The molecule has 0 aromatic carbocycles. The predicted molar refractivity (Wildman–Crippen MR) is 68.2 cm³/mol. The number of aryl methyl sites for hydroxylation is 1. The van der Waals surface area contributed by atoms with E-state index in [1.54, 1.807) is 17.0 Å². The highest BCUT2D eigenvalue weighted by atomic mass is 35.5. The van der Waals surface area contributed by atoms with Gasteiger partial charge in [-0.25, -0.2) is 4.98 Å². The number of amides is 1. The van der Waals surface area contributed by atoms with Crippen molar-refractivity contribution < 1.29 is 4.79 Å². The van der Waals surface area contributed by atoms with Gasteiger partial charge >= 0.3 is 0 Å². The van der Waals surface area contributed by atoms with Crippen molar-refractivity contribution in [2.45, 2.75) is 20.3 Å². The summed E-state index contributed by atoms with van der Waals surface area (Å²) in [6.45, 7) is 4.89. The van der Waals surface area contributed by atoms with Crippen LogP contribution in [0.25, 0.3) is 0 Å². The Hall–Kier alpha value is -1.09. The molecule has 17 heavy (non-hydrogen) atoms. The smallest absolute Gasteiger partial charge is 0.253 e. The topological polar surface area (TPSA) is 33.2 Å². The average Bonchev–Trinajstić information content (AvgIpc) is 2.91. The van der Waals surface area contributed by atoms with Crippen LogP contribution in [0.5, 0.6) is 0 Å². The van der Waals surface area contributed by atoms with Crippen LogP contribution in [0.2, 0.25) is 5.15 Å². The maximum atomic E-state index is 12.2. The molecule has 3 nitrogen and oxygen atoms in total. The van der Waals surface area contributed by atoms with Crippen LogP contribution in [0.1, 0.15) is 29.4 Å². The fourth-order valence-corrected chi connectivity index (χ4v) is 2.31. The van der Waals surface area contributed by atoms with Gasteiger partial charge in [0.25, 0.3) is 5.91 Å². The van der Waals surface area contributed by atoms with Gasteiger partial charge in [-0.3, -0.25) is 4.79 Å². The highest BCUT2D eigenvalue weighted by Gasteiger charge is 2.34. The molecule has 4 heteroatoms. The van der Waals surface area contributed by atoms with Crippen LogP contribution in [-0.4, -0.2) is 29.4 Å². The molecular weight excluding hydrogens is 236 g/mol. The second kappa shape index (κ2) is 4.65. The standard InChI is InChI=1S/C13H17ClN2O/c1-8-4-11(8)7-16(3)13(17)10-5-9(2)15-12(14)6-10/h5-6,8,11H,4,7H2,1-3H3. The Morgan fingerprint density at radius 1 is 1.59 bits per heavy atom. The van der Waals surface area contributed by atoms with Crippen molar-refractivity contribution >= 4 is 17.5 Å². The first-order valence-electron chi connectivity index (χ1n) is 5.87. The highest BCUT2D eigenvalue weighted by molar-refractivity contribution is 6.29. The lowest BCUT2D eigenvalue weighted by atomic mass is 10.2. The number of nitrogens with zero attached hydrogens (tertiary/aromatic N) is 2. The zero-order valence-electron chi connectivity index (χ0n) is 10.4. The third kappa shape index (κ3) is 2.97. The molecule has 0 saturated heterocycles. The monoisotopic (exact) mass is 252 g/mol. The van der Waals surface area contributed by atoms with E-state index in [0.717, 1.165) is 18.2 Å². The number of halogens is 1. The first-order chi connectivity index (χ1) is 7.97. The lowest BCUT2D eigenvalue weighted by Crippen LogP contribution is -2.29. The molecule has 92 valence electrons. The predicted octanol–water partition coefficient (Wildman–Crippen LogP) is 2.77. The van der Waals surface area contributed by atoms with Gasteiger partial charge in [0.2, 0.25) is 0 Å². The van der Waals surface area contributed by atoms with Crippen LogP contribution in [0.4, 0.5) is 0 Å². The summed E-state index contributed by atoms with van der Waals surface area (Å²) in [6.07, 6.45) is 1.23. The Labute approximate surface area is 107 Å². The number of carbonyl (C=O) groups excluding carboxylic acids is 1. The van der Waals surface area contributed by atoms with Crippen molar-refractivity contribution in [3.8, 4) is 0 Å². The van der Waals surface area contributed by atoms with E-state index in [2.05, 4.69) is 11.9 Å². The van der Waals surface area contributed by atoms with E-state index in [-0.39, 0.29) is 5.91 Å². The van der Waals surface area contributed by atoms with Gasteiger partial charge in [0.15, 0.2) is 0 Å². The van der Waals surface area contributed by atoms with Gasteiger partial charge in [0, 0.05) is 24.8 Å². The highest BCUT2D eigenvalue weighted by Crippen LogP contribution is 2.38. The zero-order chi connectivity index (χ0) is 12.6. The summed E-state index contributed by atoms with van der Waals surface area (Å²) in [5.74, 6) is 1.45. The van der Waals surface area contributed by atoms with Crippen LogP contribution < -0.4 is 0 Å². The molecule has 0 radical (unpaired) electrons. The molecule has 0 bridgehead atoms. The molecule has 0 aliphatic heterocycles. The first kappa shape index (κ1) is 12.4. The summed E-state index contributed by atoms with van der Waals surface area (Å²) in [6, 6.07) is 3.41.